The van der Waals surface area contributed by atoms with E-state index in [2.05, 4.69) is 12.2 Å². The maximum atomic E-state index is 13.2. The van der Waals surface area contributed by atoms with E-state index in [0.717, 1.165) is 42.1 Å². The summed E-state index contributed by atoms with van der Waals surface area (Å²) in [5.41, 5.74) is 1.23. The van der Waals surface area contributed by atoms with E-state index < -0.39 is 11.7 Å². The number of nitrogens with one attached hydrogen (secondary N) is 1. The van der Waals surface area contributed by atoms with Gasteiger partial charge in [0.05, 0.1) is 5.52 Å². The van der Waals surface area contributed by atoms with Crippen molar-refractivity contribution < 1.29 is 14.3 Å². The molecule has 3 rings (SSSR count). The highest BCUT2D eigenvalue weighted by atomic mass is 16.6. The highest BCUT2D eigenvalue weighted by molar-refractivity contribution is 5.97. The van der Waals surface area contributed by atoms with E-state index in [-0.39, 0.29) is 11.3 Å². The molecule has 146 valence electrons. The number of carbonyl (C=O) groups excluding carboxylic acids is 2. The Morgan fingerprint density at radius 2 is 1.85 bits per heavy atom. The molecule has 1 N–H and O–H groups in total. The first-order valence-corrected chi connectivity index (χ1v) is 9.80. The van der Waals surface area contributed by atoms with Gasteiger partial charge >= 0.3 is 6.09 Å². The Labute approximate surface area is 161 Å². The summed E-state index contributed by atoms with van der Waals surface area (Å²) in [4.78, 5) is 25.1. The van der Waals surface area contributed by atoms with E-state index in [1.54, 1.807) is 0 Å². The van der Waals surface area contributed by atoms with Gasteiger partial charge in [-0.25, -0.2) is 4.79 Å². The number of amides is 1. The largest absolute Gasteiger partial charge is 0.444 e. The molecule has 2 aromatic rings. The first-order valence-electron chi connectivity index (χ1n) is 9.80. The minimum atomic E-state index is -0.511. The molecule has 1 aromatic heterocycles. The first kappa shape index (κ1) is 19.5. The zero-order chi connectivity index (χ0) is 19.7. The van der Waals surface area contributed by atoms with Crippen LogP contribution in [0.3, 0.4) is 0 Å². The minimum Gasteiger partial charge on any atom is -0.444 e. The van der Waals surface area contributed by atoms with E-state index in [1.807, 2.05) is 55.8 Å². The molecule has 1 aliphatic carbocycles. The Kier molecular flexibility index (Phi) is 5.31. The van der Waals surface area contributed by atoms with Crippen LogP contribution in [0.1, 0.15) is 63.7 Å². The zero-order valence-electron chi connectivity index (χ0n) is 16.8. The molecular weight excluding hydrogens is 340 g/mol. The lowest BCUT2D eigenvalue weighted by Gasteiger charge is -2.22. The van der Waals surface area contributed by atoms with Crippen LogP contribution in [0.25, 0.3) is 10.9 Å². The Bertz CT molecular complexity index is 839. The third kappa shape index (κ3) is 4.34. The summed E-state index contributed by atoms with van der Waals surface area (Å²) in [7, 11) is 0. The molecule has 0 unspecified atom stereocenters. The van der Waals surface area contributed by atoms with E-state index in [0.29, 0.717) is 13.0 Å². The van der Waals surface area contributed by atoms with Crippen LogP contribution in [-0.2, 0) is 11.2 Å². The molecule has 0 saturated heterocycles. The molecule has 0 radical (unpaired) electrons. The predicted octanol–water partition coefficient (Wildman–Crippen LogP) is 4.93. The monoisotopic (exact) mass is 370 g/mol. The van der Waals surface area contributed by atoms with E-state index in [9.17, 15) is 9.59 Å². The lowest BCUT2D eigenvalue weighted by Crippen LogP contribution is -2.33. The SMILES string of the molecule is CC(C)(C)OC(=O)NCCc1cn(C(=O)C2(C)CCCC2)c2ccccc12. The standard InChI is InChI=1S/C22H30N2O3/c1-21(2,3)27-20(26)23-14-11-16-15-24(18-10-6-5-9-17(16)18)19(25)22(4)12-7-8-13-22/h5-6,9-10,15H,7-8,11-14H2,1-4H3,(H,23,26). The summed E-state index contributed by atoms with van der Waals surface area (Å²) in [5.74, 6) is 0.183. The summed E-state index contributed by atoms with van der Waals surface area (Å²) in [5, 5.41) is 3.87. The average molecular weight is 370 g/mol. The number of hydrogen-bond acceptors (Lipinski definition) is 3. The van der Waals surface area contributed by atoms with Crippen molar-refractivity contribution in [3.05, 3.63) is 36.0 Å². The Balaban J connectivity index is 1.77. The summed E-state index contributed by atoms with van der Waals surface area (Å²) in [6.07, 6.45) is 6.33. The maximum Gasteiger partial charge on any atom is 0.407 e. The summed E-state index contributed by atoms with van der Waals surface area (Å²) in [6, 6.07) is 7.99. The van der Waals surface area contributed by atoms with Crippen molar-refractivity contribution in [1.82, 2.24) is 9.88 Å². The molecule has 1 saturated carbocycles. The third-order valence-corrected chi connectivity index (χ3v) is 5.30. The van der Waals surface area contributed by atoms with Gasteiger partial charge in [0.2, 0.25) is 5.91 Å². The van der Waals surface area contributed by atoms with E-state index in [1.165, 1.54) is 0 Å². The summed E-state index contributed by atoms with van der Waals surface area (Å²) in [6.45, 7) is 8.08. The van der Waals surface area contributed by atoms with Crippen molar-refractivity contribution in [1.29, 1.82) is 0 Å². The number of ether oxygens (including phenoxy) is 1. The number of aromatic nitrogens is 1. The van der Waals surface area contributed by atoms with Crippen LogP contribution in [0.5, 0.6) is 0 Å². The summed E-state index contributed by atoms with van der Waals surface area (Å²) < 4.78 is 7.10. The van der Waals surface area contributed by atoms with Crippen molar-refractivity contribution in [2.75, 3.05) is 6.54 Å². The maximum absolute atomic E-state index is 13.2. The van der Waals surface area contributed by atoms with Crippen LogP contribution >= 0.6 is 0 Å². The number of hydrogen-bond donors (Lipinski definition) is 1. The lowest BCUT2D eigenvalue weighted by molar-refractivity contribution is 0.0528. The van der Waals surface area contributed by atoms with Gasteiger partial charge in [-0.3, -0.25) is 9.36 Å². The van der Waals surface area contributed by atoms with Gasteiger partial charge < -0.3 is 10.1 Å². The number of carbonyl (C=O) groups is 2. The van der Waals surface area contributed by atoms with Crippen LogP contribution in [0.4, 0.5) is 4.79 Å². The van der Waals surface area contributed by atoms with Crippen LogP contribution in [-0.4, -0.2) is 28.7 Å². The van der Waals surface area contributed by atoms with Crippen LogP contribution in [0.15, 0.2) is 30.5 Å². The van der Waals surface area contributed by atoms with E-state index in [4.69, 9.17) is 4.74 Å². The Morgan fingerprint density at radius 3 is 2.52 bits per heavy atom. The molecule has 1 fully saturated rings. The Hall–Kier alpha value is -2.30. The molecular formula is C22H30N2O3. The van der Waals surface area contributed by atoms with Gasteiger partial charge in [-0.15, -0.1) is 0 Å². The van der Waals surface area contributed by atoms with Crippen LogP contribution in [0.2, 0.25) is 0 Å². The molecule has 1 aromatic carbocycles. The number of fused-ring (bicyclic) bond motifs is 1. The fraction of sp³-hybridized carbons (Fsp3) is 0.545. The van der Waals surface area contributed by atoms with Crippen LogP contribution in [0, 0.1) is 5.41 Å². The fourth-order valence-corrected chi connectivity index (χ4v) is 3.89. The quantitative estimate of drug-likeness (QED) is 0.830. The number of benzene rings is 1. The van der Waals surface area contributed by atoms with Crippen molar-refractivity contribution in [2.45, 2.75) is 65.4 Å². The molecule has 5 heteroatoms. The lowest BCUT2D eigenvalue weighted by atomic mass is 9.87. The van der Waals surface area contributed by atoms with Gasteiger partial charge in [-0.2, -0.15) is 0 Å². The van der Waals surface area contributed by atoms with Crippen molar-refractivity contribution in [3.63, 3.8) is 0 Å². The molecule has 1 heterocycles. The topological polar surface area (TPSA) is 60.3 Å². The highest BCUT2D eigenvalue weighted by Gasteiger charge is 2.37. The number of para-hydroxylation sites is 1. The van der Waals surface area contributed by atoms with Crippen LogP contribution < -0.4 is 5.32 Å². The molecule has 0 spiro atoms. The normalized spacial score (nSPS) is 16.4. The number of alkyl carbamates (subject to hydrolysis) is 1. The molecule has 27 heavy (non-hydrogen) atoms. The van der Waals surface area contributed by atoms with Crippen molar-refractivity contribution >= 4 is 22.9 Å². The second-order valence-electron chi connectivity index (χ2n) is 8.79. The molecule has 1 amide bonds. The number of rotatable bonds is 4. The fourth-order valence-electron chi connectivity index (χ4n) is 3.89. The van der Waals surface area contributed by atoms with Crippen molar-refractivity contribution in [3.8, 4) is 0 Å². The van der Waals surface area contributed by atoms with Gasteiger partial charge in [0.1, 0.15) is 5.60 Å². The van der Waals surface area contributed by atoms with Gasteiger partial charge in [-0.05, 0) is 51.7 Å². The van der Waals surface area contributed by atoms with Gasteiger partial charge in [0.15, 0.2) is 0 Å². The van der Waals surface area contributed by atoms with E-state index >= 15 is 0 Å². The van der Waals surface area contributed by atoms with Gasteiger partial charge in [-0.1, -0.05) is 38.0 Å². The molecule has 0 bridgehead atoms. The summed E-state index contributed by atoms with van der Waals surface area (Å²) >= 11 is 0. The first-order chi connectivity index (χ1) is 12.7. The zero-order valence-corrected chi connectivity index (χ0v) is 16.8. The Morgan fingerprint density at radius 1 is 1.19 bits per heavy atom. The van der Waals surface area contributed by atoms with Gasteiger partial charge in [0, 0.05) is 23.5 Å². The predicted molar refractivity (Wildman–Crippen MR) is 107 cm³/mol. The molecule has 1 aliphatic rings. The average Bonchev–Trinajstić information content (AvgIpc) is 3.18. The minimum absolute atomic E-state index is 0.183. The van der Waals surface area contributed by atoms with Gasteiger partial charge in [0.25, 0.3) is 0 Å². The highest BCUT2D eigenvalue weighted by Crippen LogP contribution is 2.40. The molecule has 5 nitrogen and oxygen atoms in total. The number of nitrogens with zero attached hydrogens (tertiary/aromatic N) is 1. The second kappa shape index (κ2) is 7.37. The molecule has 0 aliphatic heterocycles. The smallest absolute Gasteiger partial charge is 0.407 e. The molecule has 0 atom stereocenters. The van der Waals surface area contributed by atoms with Crippen molar-refractivity contribution in [2.24, 2.45) is 5.41 Å². The second-order valence-corrected chi connectivity index (χ2v) is 8.79. The third-order valence-electron chi connectivity index (χ3n) is 5.30.